The number of rotatable bonds is 6. The molecule has 0 heterocycles. The number of nitrogens with zero attached hydrogens (tertiary/aromatic N) is 1. The molecule has 0 bridgehead atoms. The molecule has 0 spiro atoms. The van der Waals surface area contributed by atoms with Crippen molar-refractivity contribution in [3.05, 3.63) is 29.3 Å². The molecular formula is C14H23N3O. The van der Waals surface area contributed by atoms with E-state index in [1.165, 1.54) is 11.1 Å². The predicted molar refractivity (Wildman–Crippen MR) is 75.9 cm³/mol. The number of likely N-dealkylation sites (N-methyl/N-ethyl adjacent to an activating group) is 2. The normalized spacial score (nSPS) is 10.2. The van der Waals surface area contributed by atoms with Crippen molar-refractivity contribution < 1.29 is 4.79 Å². The number of hydrogen-bond acceptors (Lipinski definition) is 3. The van der Waals surface area contributed by atoms with Crippen LogP contribution in [0.5, 0.6) is 0 Å². The molecule has 100 valence electrons. The Labute approximate surface area is 109 Å². The molecule has 0 radical (unpaired) electrons. The van der Waals surface area contributed by atoms with Crippen molar-refractivity contribution in [2.75, 3.05) is 32.1 Å². The average molecular weight is 249 g/mol. The summed E-state index contributed by atoms with van der Waals surface area (Å²) in [5.74, 6) is 0.0359. The van der Waals surface area contributed by atoms with E-state index in [1.54, 1.807) is 7.05 Å². The molecule has 0 saturated heterocycles. The fourth-order valence-corrected chi connectivity index (χ4v) is 1.90. The zero-order chi connectivity index (χ0) is 13.5. The molecule has 0 fully saturated rings. The van der Waals surface area contributed by atoms with Gasteiger partial charge in [-0.1, -0.05) is 6.07 Å². The number of aryl methyl sites for hydroxylation is 1. The maximum Gasteiger partial charge on any atom is 0.239 e. The highest BCUT2D eigenvalue weighted by Gasteiger charge is 2.09. The molecule has 0 aromatic heterocycles. The number of carbonyl (C=O) groups excluding carboxylic acids is 1. The fraction of sp³-hybridized carbons (Fsp3) is 0.500. The lowest BCUT2D eigenvalue weighted by Gasteiger charge is -2.23. The Balaban J connectivity index is 2.86. The minimum absolute atomic E-state index is 0.0359. The predicted octanol–water partition coefficient (Wildman–Crippen LogP) is 1.29. The van der Waals surface area contributed by atoms with E-state index in [9.17, 15) is 4.79 Å². The third-order valence-electron chi connectivity index (χ3n) is 3.05. The Morgan fingerprint density at radius 2 is 2.06 bits per heavy atom. The van der Waals surface area contributed by atoms with Crippen molar-refractivity contribution in [2.45, 2.75) is 20.4 Å². The highest BCUT2D eigenvalue weighted by molar-refractivity contribution is 5.81. The van der Waals surface area contributed by atoms with Crippen molar-refractivity contribution in [2.24, 2.45) is 0 Å². The summed E-state index contributed by atoms with van der Waals surface area (Å²) in [6, 6.07) is 6.33. The van der Waals surface area contributed by atoms with Crippen LogP contribution >= 0.6 is 0 Å². The van der Waals surface area contributed by atoms with E-state index in [4.69, 9.17) is 0 Å². The molecule has 0 unspecified atom stereocenters. The van der Waals surface area contributed by atoms with Gasteiger partial charge in [0, 0.05) is 25.8 Å². The van der Waals surface area contributed by atoms with Gasteiger partial charge in [-0.05, 0) is 44.2 Å². The molecule has 1 aromatic rings. The topological polar surface area (TPSA) is 44.4 Å². The minimum Gasteiger partial charge on any atom is -0.362 e. The first-order chi connectivity index (χ1) is 8.62. The largest absolute Gasteiger partial charge is 0.362 e. The molecule has 1 rings (SSSR count). The molecule has 0 aliphatic carbocycles. The highest BCUT2D eigenvalue weighted by Crippen LogP contribution is 2.19. The van der Waals surface area contributed by atoms with Gasteiger partial charge < -0.3 is 15.5 Å². The maximum atomic E-state index is 11.4. The Bertz CT molecular complexity index is 404. The van der Waals surface area contributed by atoms with Crippen LogP contribution in [-0.2, 0) is 11.3 Å². The summed E-state index contributed by atoms with van der Waals surface area (Å²) in [6.07, 6.45) is 0. The van der Waals surface area contributed by atoms with Gasteiger partial charge in [0.2, 0.25) is 5.91 Å². The minimum atomic E-state index is 0.0359. The van der Waals surface area contributed by atoms with Crippen molar-refractivity contribution in [3.8, 4) is 0 Å². The van der Waals surface area contributed by atoms with Crippen LogP contribution in [0.2, 0.25) is 0 Å². The molecule has 18 heavy (non-hydrogen) atoms. The van der Waals surface area contributed by atoms with Crippen molar-refractivity contribution >= 4 is 11.6 Å². The van der Waals surface area contributed by atoms with E-state index in [-0.39, 0.29) is 5.91 Å². The van der Waals surface area contributed by atoms with E-state index in [1.807, 2.05) is 7.05 Å². The lowest BCUT2D eigenvalue weighted by atomic mass is 10.1. The van der Waals surface area contributed by atoms with Crippen LogP contribution in [0.15, 0.2) is 18.2 Å². The van der Waals surface area contributed by atoms with Crippen LogP contribution in [0, 0.1) is 6.92 Å². The van der Waals surface area contributed by atoms with Gasteiger partial charge in [0.25, 0.3) is 0 Å². The Morgan fingerprint density at radius 3 is 2.56 bits per heavy atom. The van der Waals surface area contributed by atoms with Crippen LogP contribution in [-0.4, -0.2) is 33.1 Å². The molecule has 2 N–H and O–H groups in total. The van der Waals surface area contributed by atoms with Gasteiger partial charge in [-0.25, -0.2) is 0 Å². The second kappa shape index (κ2) is 7.01. The van der Waals surface area contributed by atoms with Crippen LogP contribution in [0.25, 0.3) is 0 Å². The quantitative estimate of drug-likeness (QED) is 0.798. The highest BCUT2D eigenvalue weighted by atomic mass is 16.1. The van der Waals surface area contributed by atoms with Crippen molar-refractivity contribution in [1.82, 2.24) is 10.6 Å². The van der Waals surface area contributed by atoms with Crippen molar-refractivity contribution in [1.29, 1.82) is 0 Å². The SMILES string of the molecule is CCN(CC(=O)NC)c1ccc(CNC)c(C)c1. The summed E-state index contributed by atoms with van der Waals surface area (Å²) in [5.41, 5.74) is 3.63. The van der Waals surface area contributed by atoms with Crippen LogP contribution in [0.4, 0.5) is 5.69 Å². The number of hydrogen-bond donors (Lipinski definition) is 2. The summed E-state index contributed by atoms with van der Waals surface area (Å²) < 4.78 is 0. The van der Waals surface area contributed by atoms with E-state index in [0.717, 1.165) is 18.8 Å². The Kier molecular flexibility index (Phi) is 5.65. The zero-order valence-corrected chi connectivity index (χ0v) is 11.7. The first kappa shape index (κ1) is 14.5. The van der Waals surface area contributed by atoms with Gasteiger partial charge in [-0.3, -0.25) is 4.79 Å². The second-order valence-corrected chi connectivity index (χ2v) is 4.33. The standard InChI is InChI=1S/C14H23N3O/c1-5-17(10-14(18)16-4)13-7-6-12(9-15-3)11(2)8-13/h6-8,15H,5,9-10H2,1-4H3,(H,16,18). The Morgan fingerprint density at radius 1 is 1.33 bits per heavy atom. The summed E-state index contributed by atoms with van der Waals surface area (Å²) in [5, 5.41) is 5.81. The number of amides is 1. The van der Waals surface area contributed by atoms with Gasteiger partial charge >= 0.3 is 0 Å². The summed E-state index contributed by atoms with van der Waals surface area (Å²) in [7, 11) is 3.61. The van der Waals surface area contributed by atoms with E-state index >= 15 is 0 Å². The van der Waals surface area contributed by atoms with Crippen LogP contribution in [0.3, 0.4) is 0 Å². The summed E-state index contributed by atoms with van der Waals surface area (Å²) >= 11 is 0. The number of anilines is 1. The lowest BCUT2D eigenvalue weighted by molar-refractivity contribution is -0.119. The first-order valence-electron chi connectivity index (χ1n) is 6.32. The van der Waals surface area contributed by atoms with Gasteiger partial charge in [0.15, 0.2) is 0 Å². The third kappa shape index (κ3) is 3.74. The summed E-state index contributed by atoms with van der Waals surface area (Å²) in [4.78, 5) is 13.5. The Hall–Kier alpha value is -1.55. The smallest absolute Gasteiger partial charge is 0.239 e. The van der Waals surface area contributed by atoms with E-state index in [2.05, 4.69) is 47.6 Å². The third-order valence-corrected chi connectivity index (χ3v) is 3.05. The van der Waals surface area contributed by atoms with Crippen molar-refractivity contribution in [3.63, 3.8) is 0 Å². The van der Waals surface area contributed by atoms with Gasteiger partial charge in [-0.2, -0.15) is 0 Å². The maximum absolute atomic E-state index is 11.4. The monoisotopic (exact) mass is 249 g/mol. The lowest BCUT2D eigenvalue weighted by Crippen LogP contribution is -2.35. The van der Waals surface area contributed by atoms with Crippen LogP contribution in [0.1, 0.15) is 18.1 Å². The number of carbonyl (C=O) groups is 1. The second-order valence-electron chi connectivity index (χ2n) is 4.33. The molecule has 1 amide bonds. The average Bonchev–Trinajstić information content (AvgIpc) is 2.38. The molecule has 0 aliphatic heterocycles. The molecule has 1 aromatic carbocycles. The number of benzene rings is 1. The molecular weight excluding hydrogens is 226 g/mol. The first-order valence-corrected chi connectivity index (χ1v) is 6.32. The molecule has 0 atom stereocenters. The molecule has 4 nitrogen and oxygen atoms in total. The molecule has 0 aliphatic rings. The van der Waals surface area contributed by atoms with Gasteiger partial charge in [-0.15, -0.1) is 0 Å². The zero-order valence-electron chi connectivity index (χ0n) is 11.7. The fourth-order valence-electron chi connectivity index (χ4n) is 1.90. The molecule has 0 saturated carbocycles. The summed E-state index contributed by atoms with van der Waals surface area (Å²) in [6.45, 7) is 6.24. The van der Waals surface area contributed by atoms with Crippen LogP contribution < -0.4 is 15.5 Å². The van der Waals surface area contributed by atoms with Gasteiger partial charge in [0.1, 0.15) is 0 Å². The number of nitrogens with one attached hydrogen (secondary N) is 2. The van der Waals surface area contributed by atoms with Gasteiger partial charge in [0.05, 0.1) is 6.54 Å². The van der Waals surface area contributed by atoms with E-state index in [0.29, 0.717) is 6.54 Å². The van der Waals surface area contributed by atoms with E-state index < -0.39 is 0 Å². The molecule has 4 heteroatoms.